The number of hydrogen-bond donors (Lipinski definition) is 1. The molecule has 2 aliphatic heterocycles. The van der Waals surface area contributed by atoms with Crippen LogP contribution in [0, 0.1) is 11.8 Å². The highest BCUT2D eigenvalue weighted by Gasteiger charge is 2.46. The SMILES string of the molecule is CCOCCS(=O)(=O)N1CC2CNCC2C1C. The molecule has 0 aliphatic carbocycles. The summed E-state index contributed by atoms with van der Waals surface area (Å²) < 4.78 is 31.2. The van der Waals surface area contributed by atoms with Gasteiger partial charge in [0.25, 0.3) is 0 Å². The van der Waals surface area contributed by atoms with Gasteiger partial charge in [-0.15, -0.1) is 0 Å². The summed E-state index contributed by atoms with van der Waals surface area (Å²) in [5.41, 5.74) is 0. The Labute approximate surface area is 104 Å². The molecular weight excluding hydrogens is 240 g/mol. The zero-order valence-electron chi connectivity index (χ0n) is 10.6. The van der Waals surface area contributed by atoms with E-state index in [0.29, 0.717) is 31.6 Å². The van der Waals surface area contributed by atoms with E-state index < -0.39 is 10.0 Å². The number of hydrogen-bond acceptors (Lipinski definition) is 4. The van der Waals surface area contributed by atoms with Gasteiger partial charge in [0.05, 0.1) is 12.4 Å². The summed E-state index contributed by atoms with van der Waals surface area (Å²) in [6, 6.07) is 0.127. The summed E-state index contributed by atoms with van der Waals surface area (Å²) in [5, 5.41) is 3.33. The Morgan fingerprint density at radius 2 is 2.18 bits per heavy atom. The van der Waals surface area contributed by atoms with E-state index in [1.54, 1.807) is 4.31 Å². The zero-order chi connectivity index (χ0) is 12.5. The van der Waals surface area contributed by atoms with Crippen LogP contribution in [0.5, 0.6) is 0 Å². The molecule has 0 radical (unpaired) electrons. The van der Waals surface area contributed by atoms with Crippen molar-refractivity contribution in [2.45, 2.75) is 19.9 Å². The van der Waals surface area contributed by atoms with Gasteiger partial charge in [0.1, 0.15) is 0 Å². The molecule has 3 unspecified atom stereocenters. The Morgan fingerprint density at radius 1 is 1.41 bits per heavy atom. The minimum Gasteiger partial charge on any atom is -0.381 e. The largest absolute Gasteiger partial charge is 0.381 e. The van der Waals surface area contributed by atoms with Crippen molar-refractivity contribution in [1.82, 2.24) is 9.62 Å². The van der Waals surface area contributed by atoms with Crippen LogP contribution in [0.25, 0.3) is 0 Å². The minimum absolute atomic E-state index is 0.109. The molecule has 0 bridgehead atoms. The molecule has 5 nitrogen and oxygen atoms in total. The third-order valence-electron chi connectivity index (χ3n) is 3.93. The molecule has 0 amide bonds. The molecule has 2 saturated heterocycles. The van der Waals surface area contributed by atoms with Crippen molar-refractivity contribution < 1.29 is 13.2 Å². The molecule has 0 aromatic heterocycles. The van der Waals surface area contributed by atoms with Crippen LogP contribution in [0.2, 0.25) is 0 Å². The number of nitrogens with zero attached hydrogens (tertiary/aromatic N) is 1. The lowest BCUT2D eigenvalue weighted by molar-refractivity contribution is 0.162. The van der Waals surface area contributed by atoms with E-state index in [9.17, 15) is 8.42 Å². The van der Waals surface area contributed by atoms with E-state index in [1.807, 2.05) is 13.8 Å². The lowest BCUT2D eigenvalue weighted by atomic mass is 9.95. The molecule has 3 atom stereocenters. The van der Waals surface area contributed by atoms with Crippen molar-refractivity contribution in [2.24, 2.45) is 11.8 Å². The van der Waals surface area contributed by atoms with Gasteiger partial charge in [-0.25, -0.2) is 8.42 Å². The Balaban J connectivity index is 1.98. The van der Waals surface area contributed by atoms with Gasteiger partial charge in [-0.05, 0) is 38.8 Å². The molecule has 0 aromatic rings. The van der Waals surface area contributed by atoms with Crippen LogP contribution in [0.15, 0.2) is 0 Å². The van der Waals surface area contributed by atoms with Crippen molar-refractivity contribution in [2.75, 3.05) is 38.6 Å². The van der Waals surface area contributed by atoms with Crippen molar-refractivity contribution in [3.05, 3.63) is 0 Å². The van der Waals surface area contributed by atoms with Crippen LogP contribution < -0.4 is 5.32 Å². The summed E-state index contributed by atoms with van der Waals surface area (Å²) in [5.74, 6) is 1.08. The predicted molar refractivity (Wildman–Crippen MR) is 66.3 cm³/mol. The van der Waals surface area contributed by atoms with Gasteiger partial charge in [-0.2, -0.15) is 4.31 Å². The molecule has 2 fully saturated rings. The maximum atomic E-state index is 12.2. The highest BCUT2D eigenvalue weighted by Crippen LogP contribution is 2.34. The standard InChI is InChI=1S/C11H22N2O3S/c1-3-16-4-5-17(14,15)13-8-10-6-12-7-11(10)9(13)2/h9-12H,3-8H2,1-2H3. The molecule has 17 heavy (non-hydrogen) atoms. The first-order chi connectivity index (χ1) is 8.06. The van der Waals surface area contributed by atoms with Gasteiger partial charge in [-0.1, -0.05) is 0 Å². The molecule has 6 heteroatoms. The number of fused-ring (bicyclic) bond motifs is 1. The van der Waals surface area contributed by atoms with E-state index in [4.69, 9.17) is 4.74 Å². The fraction of sp³-hybridized carbons (Fsp3) is 1.00. The Morgan fingerprint density at radius 3 is 2.82 bits per heavy atom. The highest BCUT2D eigenvalue weighted by molar-refractivity contribution is 7.89. The topological polar surface area (TPSA) is 58.6 Å². The van der Waals surface area contributed by atoms with Crippen molar-refractivity contribution in [3.63, 3.8) is 0 Å². The lowest BCUT2D eigenvalue weighted by Crippen LogP contribution is -2.40. The third kappa shape index (κ3) is 2.65. The van der Waals surface area contributed by atoms with Crippen LogP contribution >= 0.6 is 0 Å². The Kier molecular flexibility index (Phi) is 4.07. The maximum absolute atomic E-state index is 12.2. The van der Waals surface area contributed by atoms with Crippen LogP contribution in [0.3, 0.4) is 0 Å². The lowest BCUT2D eigenvalue weighted by Gasteiger charge is -2.23. The average molecular weight is 262 g/mol. The van der Waals surface area contributed by atoms with E-state index in [0.717, 1.165) is 13.1 Å². The van der Waals surface area contributed by atoms with E-state index in [-0.39, 0.29) is 11.8 Å². The predicted octanol–water partition coefficient (Wildman–Crippen LogP) is -0.108. The van der Waals surface area contributed by atoms with Crippen molar-refractivity contribution in [1.29, 1.82) is 0 Å². The van der Waals surface area contributed by atoms with E-state index in [2.05, 4.69) is 5.32 Å². The maximum Gasteiger partial charge on any atom is 0.216 e. The Bertz CT molecular complexity index is 358. The number of nitrogens with one attached hydrogen (secondary N) is 1. The second kappa shape index (κ2) is 5.22. The van der Waals surface area contributed by atoms with Gasteiger partial charge in [0, 0.05) is 19.2 Å². The fourth-order valence-corrected chi connectivity index (χ4v) is 4.57. The zero-order valence-corrected chi connectivity index (χ0v) is 11.4. The second-order valence-electron chi connectivity index (χ2n) is 4.91. The van der Waals surface area contributed by atoms with Crippen molar-refractivity contribution >= 4 is 10.0 Å². The molecule has 0 saturated carbocycles. The summed E-state index contributed by atoms with van der Waals surface area (Å²) >= 11 is 0. The monoisotopic (exact) mass is 262 g/mol. The van der Waals surface area contributed by atoms with Gasteiger partial charge in [0.2, 0.25) is 10.0 Å². The second-order valence-corrected chi connectivity index (χ2v) is 6.95. The molecule has 2 rings (SSSR count). The molecule has 2 heterocycles. The van der Waals surface area contributed by atoms with Crippen LogP contribution in [0.4, 0.5) is 0 Å². The molecule has 0 aromatic carbocycles. The summed E-state index contributed by atoms with van der Waals surface area (Å²) in [4.78, 5) is 0. The minimum atomic E-state index is -3.14. The van der Waals surface area contributed by atoms with Gasteiger partial charge in [0.15, 0.2) is 0 Å². The molecule has 100 valence electrons. The first-order valence-electron chi connectivity index (χ1n) is 6.34. The van der Waals surface area contributed by atoms with Crippen molar-refractivity contribution in [3.8, 4) is 0 Å². The normalized spacial score (nSPS) is 34.1. The van der Waals surface area contributed by atoms with Crippen LogP contribution in [0.1, 0.15) is 13.8 Å². The van der Waals surface area contributed by atoms with Gasteiger partial charge in [-0.3, -0.25) is 0 Å². The first kappa shape index (κ1) is 13.3. The van der Waals surface area contributed by atoms with Gasteiger partial charge >= 0.3 is 0 Å². The first-order valence-corrected chi connectivity index (χ1v) is 7.95. The number of rotatable bonds is 5. The Hall–Kier alpha value is -0.170. The quantitative estimate of drug-likeness (QED) is 0.703. The van der Waals surface area contributed by atoms with Crippen LogP contribution in [-0.4, -0.2) is 57.4 Å². The summed E-state index contributed by atoms with van der Waals surface area (Å²) in [6.45, 7) is 7.34. The summed E-state index contributed by atoms with van der Waals surface area (Å²) in [6.07, 6.45) is 0. The average Bonchev–Trinajstić information content (AvgIpc) is 2.82. The third-order valence-corrected chi connectivity index (χ3v) is 5.81. The molecule has 0 spiro atoms. The van der Waals surface area contributed by atoms with E-state index >= 15 is 0 Å². The van der Waals surface area contributed by atoms with Crippen LogP contribution in [-0.2, 0) is 14.8 Å². The highest BCUT2D eigenvalue weighted by atomic mass is 32.2. The van der Waals surface area contributed by atoms with Gasteiger partial charge < -0.3 is 10.1 Å². The molecule has 1 N–H and O–H groups in total. The smallest absolute Gasteiger partial charge is 0.216 e. The fourth-order valence-electron chi connectivity index (χ4n) is 2.92. The number of ether oxygens (including phenoxy) is 1. The van der Waals surface area contributed by atoms with E-state index in [1.165, 1.54) is 0 Å². The molecular formula is C11H22N2O3S. The summed E-state index contributed by atoms with van der Waals surface area (Å²) in [7, 11) is -3.14. The number of sulfonamides is 1. The molecule has 2 aliphatic rings.